The normalized spacial score (nSPS) is 12.0. The van der Waals surface area contributed by atoms with Crippen LogP contribution in [0.3, 0.4) is 0 Å². The number of nitrogens with zero attached hydrogens (tertiary/aromatic N) is 1. The SMILES string of the molecule is COC(=O)C(Cc1ccc(O)cc1)NC(=O)Cc1noc2c(C)cc(C)cc12. The number of nitrogens with one attached hydrogen (secondary N) is 1. The van der Waals surface area contributed by atoms with E-state index in [2.05, 4.69) is 10.5 Å². The second-order valence-electron chi connectivity index (χ2n) is 6.78. The Morgan fingerprint density at radius 1 is 1.21 bits per heavy atom. The van der Waals surface area contributed by atoms with Gasteiger partial charge in [-0.3, -0.25) is 4.79 Å². The second kappa shape index (κ2) is 8.12. The summed E-state index contributed by atoms with van der Waals surface area (Å²) in [4.78, 5) is 24.7. The van der Waals surface area contributed by atoms with Crippen molar-refractivity contribution in [3.63, 3.8) is 0 Å². The van der Waals surface area contributed by atoms with Crippen LogP contribution >= 0.6 is 0 Å². The van der Waals surface area contributed by atoms with Gasteiger partial charge in [0.15, 0.2) is 5.58 Å². The number of hydrogen-bond donors (Lipinski definition) is 2. The molecular formula is C21H22N2O5. The smallest absolute Gasteiger partial charge is 0.328 e. The van der Waals surface area contributed by atoms with Crippen molar-refractivity contribution in [1.29, 1.82) is 0 Å². The van der Waals surface area contributed by atoms with E-state index in [1.165, 1.54) is 19.2 Å². The van der Waals surface area contributed by atoms with Gasteiger partial charge in [0.2, 0.25) is 5.91 Å². The van der Waals surface area contributed by atoms with Gasteiger partial charge in [0.1, 0.15) is 17.5 Å². The molecule has 1 atom stereocenters. The van der Waals surface area contributed by atoms with Crippen LogP contribution in [0.1, 0.15) is 22.4 Å². The number of aryl methyl sites for hydroxylation is 2. The van der Waals surface area contributed by atoms with Gasteiger partial charge in [-0.15, -0.1) is 0 Å². The number of aromatic hydroxyl groups is 1. The highest BCUT2D eigenvalue weighted by Gasteiger charge is 2.23. The maximum absolute atomic E-state index is 12.6. The Morgan fingerprint density at radius 3 is 2.61 bits per heavy atom. The summed E-state index contributed by atoms with van der Waals surface area (Å²) in [6.45, 7) is 3.89. The van der Waals surface area contributed by atoms with E-state index in [0.717, 1.165) is 22.1 Å². The van der Waals surface area contributed by atoms with Gasteiger partial charge in [0.25, 0.3) is 0 Å². The summed E-state index contributed by atoms with van der Waals surface area (Å²) in [6.07, 6.45) is 0.232. The van der Waals surface area contributed by atoms with Crippen molar-refractivity contribution >= 4 is 22.8 Å². The van der Waals surface area contributed by atoms with E-state index >= 15 is 0 Å². The lowest BCUT2D eigenvalue weighted by Gasteiger charge is -2.16. The molecule has 0 fully saturated rings. The van der Waals surface area contributed by atoms with E-state index in [9.17, 15) is 14.7 Å². The van der Waals surface area contributed by atoms with E-state index in [1.807, 2.05) is 26.0 Å². The number of fused-ring (bicyclic) bond motifs is 1. The number of phenols is 1. The van der Waals surface area contributed by atoms with Crippen molar-refractivity contribution in [3.05, 3.63) is 58.8 Å². The zero-order valence-electron chi connectivity index (χ0n) is 16.0. The van der Waals surface area contributed by atoms with Gasteiger partial charge in [0, 0.05) is 11.8 Å². The number of rotatable bonds is 6. The quantitative estimate of drug-likeness (QED) is 0.636. The van der Waals surface area contributed by atoms with E-state index in [0.29, 0.717) is 11.3 Å². The second-order valence-corrected chi connectivity index (χ2v) is 6.78. The number of aromatic nitrogens is 1. The van der Waals surface area contributed by atoms with Crippen LogP contribution in [0.25, 0.3) is 11.0 Å². The predicted molar refractivity (Wildman–Crippen MR) is 103 cm³/mol. The molecule has 3 rings (SSSR count). The summed E-state index contributed by atoms with van der Waals surface area (Å²) in [5.74, 6) is -0.771. The van der Waals surface area contributed by atoms with Crippen LogP contribution in [0.15, 0.2) is 40.9 Å². The molecule has 2 aromatic carbocycles. The third-order valence-corrected chi connectivity index (χ3v) is 4.50. The molecule has 28 heavy (non-hydrogen) atoms. The summed E-state index contributed by atoms with van der Waals surface area (Å²) in [7, 11) is 1.27. The Labute approximate surface area is 162 Å². The number of hydrogen-bond acceptors (Lipinski definition) is 6. The van der Waals surface area contributed by atoms with Gasteiger partial charge in [-0.2, -0.15) is 0 Å². The van der Waals surface area contributed by atoms with Gasteiger partial charge in [-0.25, -0.2) is 4.79 Å². The van der Waals surface area contributed by atoms with Gasteiger partial charge in [0.05, 0.1) is 13.5 Å². The van der Waals surface area contributed by atoms with E-state index in [1.54, 1.807) is 12.1 Å². The zero-order chi connectivity index (χ0) is 20.3. The molecule has 1 aromatic heterocycles. The fourth-order valence-electron chi connectivity index (χ4n) is 3.17. The Hall–Kier alpha value is -3.35. The number of carbonyl (C=O) groups excluding carboxylic acids is 2. The number of amides is 1. The van der Waals surface area contributed by atoms with Gasteiger partial charge in [-0.05, 0) is 48.7 Å². The highest BCUT2D eigenvalue weighted by molar-refractivity contribution is 5.90. The average Bonchev–Trinajstić information content (AvgIpc) is 3.05. The van der Waals surface area contributed by atoms with E-state index in [-0.39, 0.29) is 24.5 Å². The van der Waals surface area contributed by atoms with Crippen LogP contribution in [-0.4, -0.2) is 35.3 Å². The monoisotopic (exact) mass is 382 g/mol. The molecule has 0 aliphatic carbocycles. The van der Waals surface area contributed by atoms with Crippen LogP contribution in [0.2, 0.25) is 0 Å². The fraction of sp³-hybridized carbons (Fsp3) is 0.286. The molecule has 2 N–H and O–H groups in total. The van der Waals surface area contributed by atoms with Crippen molar-refractivity contribution in [3.8, 4) is 5.75 Å². The standard InChI is InChI=1S/C21H22N2O5/c1-12-8-13(2)20-16(9-12)17(23-28-20)11-19(25)22-18(21(26)27-3)10-14-4-6-15(24)7-5-14/h4-9,18,24H,10-11H2,1-3H3,(H,22,25). The molecule has 3 aromatic rings. The first kappa shape index (κ1) is 19.4. The van der Waals surface area contributed by atoms with Gasteiger partial charge < -0.3 is 19.7 Å². The highest BCUT2D eigenvalue weighted by atomic mass is 16.5. The average molecular weight is 382 g/mol. The van der Waals surface area contributed by atoms with Crippen LogP contribution in [0.4, 0.5) is 0 Å². The number of carbonyl (C=O) groups is 2. The van der Waals surface area contributed by atoms with Crippen molar-refractivity contribution in [2.75, 3.05) is 7.11 Å². The molecule has 146 valence electrons. The number of methoxy groups -OCH3 is 1. The van der Waals surface area contributed by atoms with Crippen LogP contribution in [0, 0.1) is 13.8 Å². The summed E-state index contributed by atoms with van der Waals surface area (Å²) >= 11 is 0. The van der Waals surface area contributed by atoms with E-state index in [4.69, 9.17) is 9.26 Å². The Bertz CT molecular complexity index is 1010. The minimum Gasteiger partial charge on any atom is -0.508 e. The molecule has 7 heteroatoms. The molecule has 1 unspecified atom stereocenters. The molecule has 0 radical (unpaired) electrons. The van der Waals surface area contributed by atoms with Crippen LogP contribution in [-0.2, 0) is 27.2 Å². The molecule has 0 aliphatic heterocycles. The minimum absolute atomic E-state index is 0.0149. The lowest BCUT2D eigenvalue weighted by Crippen LogP contribution is -2.43. The molecule has 1 heterocycles. The molecule has 0 saturated carbocycles. The topological polar surface area (TPSA) is 102 Å². The predicted octanol–water partition coefficient (Wildman–Crippen LogP) is 2.59. The highest BCUT2D eigenvalue weighted by Crippen LogP contribution is 2.24. The van der Waals surface area contributed by atoms with Gasteiger partial charge >= 0.3 is 5.97 Å². The van der Waals surface area contributed by atoms with Crippen LogP contribution < -0.4 is 5.32 Å². The molecule has 1 amide bonds. The third kappa shape index (κ3) is 4.31. The zero-order valence-corrected chi connectivity index (χ0v) is 16.0. The first-order chi connectivity index (χ1) is 13.4. The molecule has 0 bridgehead atoms. The summed E-state index contributed by atoms with van der Waals surface area (Å²) < 4.78 is 10.2. The summed E-state index contributed by atoms with van der Waals surface area (Å²) in [5.41, 5.74) is 3.96. The number of phenolic OH excluding ortho intramolecular Hbond substituents is 1. The fourth-order valence-corrected chi connectivity index (χ4v) is 3.17. The molecule has 7 nitrogen and oxygen atoms in total. The lowest BCUT2D eigenvalue weighted by atomic mass is 10.0. The van der Waals surface area contributed by atoms with Crippen molar-refractivity contribution in [2.24, 2.45) is 0 Å². The molecule has 0 aliphatic rings. The van der Waals surface area contributed by atoms with Crippen LogP contribution in [0.5, 0.6) is 5.75 Å². The maximum atomic E-state index is 12.6. The number of esters is 1. The third-order valence-electron chi connectivity index (χ3n) is 4.50. The van der Waals surface area contributed by atoms with Gasteiger partial charge in [-0.1, -0.05) is 23.4 Å². The van der Waals surface area contributed by atoms with Crippen molar-refractivity contribution in [2.45, 2.75) is 32.7 Å². The first-order valence-corrected chi connectivity index (χ1v) is 8.88. The lowest BCUT2D eigenvalue weighted by molar-refractivity contribution is -0.145. The van der Waals surface area contributed by atoms with E-state index < -0.39 is 12.0 Å². The first-order valence-electron chi connectivity index (χ1n) is 8.88. The minimum atomic E-state index is -0.844. The summed E-state index contributed by atoms with van der Waals surface area (Å²) in [5, 5.41) is 16.9. The Morgan fingerprint density at radius 2 is 1.93 bits per heavy atom. The molecule has 0 saturated heterocycles. The number of benzene rings is 2. The Balaban J connectivity index is 1.75. The molecular weight excluding hydrogens is 360 g/mol. The largest absolute Gasteiger partial charge is 0.508 e. The Kier molecular flexibility index (Phi) is 5.63. The van der Waals surface area contributed by atoms with Crippen molar-refractivity contribution in [1.82, 2.24) is 10.5 Å². The maximum Gasteiger partial charge on any atom is 0.328 e. The summed E-state index contributed by atoms with van der Waals surface area (Å²) in [6, 6.07) is 9.50. The number of ether oxygens (including phenoxy) is 1. The molecule has 0 spiro atoms. The van der Waals surface area contributed by atoms with Crippen molar-refractivity contribution < 1.29 is 24.0 Å².